The number of hydrogen-bond donors (Lipinski definition) is 1. The lowest BCUT2D eigenvalue weighted by Gasteiger charge is -2.28. The fourth-order valence-electron chi connectivity index (χ4n) is 4.78. The number of amides is 2. The van der Waals surface area contributed by atoms with Crippen LogP contribution in [0.25, 0.3) is 0 Å². The van der Waals surface area contributed by atoms with Crippen LogP contribution in [0, 0.1) is 0 Å². The number of quaternary nitrogens is 1. The Kier molecular flexibility index (Phi) is 22.0. The van der Waals surface area contributed by atoms with Crippen LogP contribution in [0.4, 0.5) is 4.79 Å². The third-order valence-corrected chi connectivity index (χ3v) is 8.48. The largest absolute Gasteiger partial charge is 0.756 e. The number of nitrogens with one attached hydrogen (secondary N) is 1. The van der Waals surface area contributed by atoms with Crippen LogP contribution >= 0.6 is 7.82 Å². The van der Waals surface area contributed by atoms with Crippen molar-refractivity contribution in [3.8, 4) is 0 Å². The highest BCUT2D eigenvalue weighted by molar-refractivity contribution is 7.45. The first kappa shape index (κ1) is 38.6. The molecule has 0 saturated carbocycles. The van der Waals surface area contributed by atoms with Crippen LogP contribution in [-0.4, -0.2) is 69.4 Å². The summed E-state index contributed by atoms with van der Waals surface area (Å²) in [6, 6.07) is 9.53. The second-order valence-electron chi connectivity index (χ2n) is 12.6. The van der Waals surface area contributed by atoms with E-state index in [1.165, 1.54) is 83.5 Å². The molecule has 0 aromatic heterocycles. The molecule has 42 heavy (non-hydrogen) atoms. The maximum absolute atomic E-state index is 12.9. The Morgan fingerprint density at radius 3 is 1.74 bits per heavy atom. The van der Waals surface area contributed by atoms with Crippen molar-refractivity contribution in [2.24, 2.45) is 0 Å². The number of nitrogens with zero attached hydrogens (tertiary/aromatic N) is 2. The summed E-state index contributed by atoms with van der Waals surface area (Å²) >= 11 is 0. The van der Waals surface area contributed by atoms with Crippen molar-refractivity contribution < 1.29 is 27.8 Å². The minimum Gasteiger partial charge on any atom is -0.756 e. The molecule has 0 aliphatic heterocycles. The molecule has 1 aromatic carbocycles. The second kappa shape index (κ2) is 23.9. The normalized spacial score (nSPS) is 13.2. The number of unbranched alkanes of at least 4 members (excludes halogenated alkanes) is 15. The minimum atomic E-state index is -4.41. The first-order valence-electron chi connectivity index (χ1n) is 16.6. The molecule has 1 atom stereocenters. The molecule has 0 bridgehead atoms. The average molecular weight is 612 g/mol. The number of carbonyl (C=O) groups excluding carboxylic acids is 1. The number of hydrogen-bond acceptors (Lipinski definition) is 5. The Morgan fingerprint density at radius 1 is 0.762 bits per heavy atom. The van der Waals surface area contributed by atoms with Gasteiger partial charge in [0.05, 0.1) is 27.7 Å². The molecule has 1 aromatic rings. The number of phosphoric ester groups is 1. The molecule has 244 valence electrons. The number of urea groups is 1. The van der Waals surface area contributed by atoms with E-state index in [2.05, 4.69) is 12.2 Å². The standard InChI is InChI=1S/C33H62N3O5P/c1-5-6-7-8-9-10-11-12-13-14-15-16-17-18-19-23-26-35(33(37)34-31-32-24-21-20-22-25-32)27-29-40-42(38,39)41-30-28-36(2,3)4/h20-22,24-25H,5-19,23,26-31H2,1-4H3,(H-,34,37,38,39). The summed E-state index contributed by atoms with van der Waals surface area (Å²) in [5.74, 6) is 0. The van der Waals surface area contributed by atoms with Crippen LogP contribution in [0.3, 0.4) is 0 Å². The molecule has 0 aliphatic carbocycles. The quantitative estimate of drug-likeness (QED) is 0.0626. The summed E-state index contributed by atoms with van der Waals surface area (Å²) in [7, 11) is 1.48. The molecule has 0 aliphatic rings. The van der Waals surface area contributed by atoms with Crippen molar-refractivity contribution in [2.45, 2.75) is 116 Å². The zero-order valence-electron chi connectivity index (χ0n) is 27.3. The van der Waals surface area contributed by atoms with Crippen molar-refractivity contribution in [1.82, 2.24) is 10.2 Å². The van der Waals surface area contributed by atoms with Crippen molar-refractivity contribution >= 4 is 13.9 Å². The monoisotopic (exact) mass is 611 g/mol. The topological polar surface area (TPSA) is 90.9 Å². The van der Waals surface area contributed by atoms with E-state index < -0.39 is 7.82 Å². The van der Waals surface area contributed by atoms with Gasteiger partial charge in [-0.25, -0.2) is 4.79 Å². The smallest absolute Gasteiger partial charge is 0.317 e. The molecule has 1 rings (SSSR count). The first-order valence-corrected chi connectivity index (χ1v) is 18.1. The highest BCUT2D eigenvalue weighted by Gasteiger charge is 2.17. The van der Waals surface area contributed by atoms with Gasteiger partial charge in [0, 0.05) is 19.6 Å². The van der Waals surface area contributed by atoms with E-state index in [-0.39, 0.29) is 25.8 Å². The van der Waals surface area contributed by atoms with Crippen LogP contribution in [0.2, 0.25) is 0 Å². The highest BCUT2D eigenvalue weighted by Crippen LogP contribution is 2.37. The fraction of sp³-hybridized carbons (Fsp3) is 0.788. The van der Waals surface area contributed by atoms with E-state index in [4.69, 9.17) is 9.05 Å². The Hall–Kier alpha value is -1.44. The molecule has 2 amide bonds. The molecule has 9 heteroatoms. The second-order valence-corrected chi connectivity index (χ2v) is 14.0. The predicted molar refractivity (Wildman–Crippen MR) is 172 cm³/mol. The molecule has 1 N–H and O–H groups in total. The summed E-state index contributed by atoms with van der Waals surface area (Å²) in [5.41, 5.74) is 1.01. The van der Waals surface area contributed by atoms with Crippen molar-refractivity contribution in [3.05, 3.63) is 35.9 Å². The van der Waals surface area contributed by atoms with Gasteiger partial charge in [0.2, 0.25) is 0 Å². The summed E-state index contributed by atoms with van der Waals surface area (Å²) in [6.45, 7) is 3.92. The Morgan fingerprint density at radius 2 is 1.24 bits per heavy atom. The number of carbonyl (C=O) groups is 1. The maximum atomic E-state index is 12.9. The minimum absolute atomic E-state index is 0.0603. The molecule has 1 unspecified atom stereocenters. The number of phosphoric acid groups is 1. The molecule has 0 spiro atoms. The van der Waals surface area contributed by atoms with Gasteiger partial charge < -0.3 is 28.6 Å². The van der Waals surface area contributed by atoms with Gasteiger partial charge in [-0.1, -0.05) is 134 Å². The van der Waals surface area contributed by atoms with E-state index in [0.717, 1.165) is 24.8 Å². The van der Waals surface area contributed by atoms with Crippen LogP contribution < -0.4 is 10.2 Å². The van der Waals surface area contributed by atoms with Crippen molar-refractivity contribution in [1.29, 1.82) is 0 Å². The molecular formula is C33H62N3O5P. The average Bonchev–Trinajstić information content (AvgIpc) is 2.94. The lowest BCUT2D eigenvalue weighted by molar-refractivity contribution is -0.870. The van der Waals surface area contributed by atoms with Crippen molar-refractivity contribution in [2.75, 3.05) is 54.0 Å². The summed E-state index contributed by atoms with van der Waals surface area (Å²) in [4.78, 5) is 26.7. The van der Waals surface area contributed by atoms with Gasteiger partial charge in [0.15, 0.2) is 0 Å². The predicted octanol–water partition coefficient (Wildman–Crippen LogP) is 7.67. The molecule has 0 saturated heterocycles. The third-order valence-electron chi connectivity index (χ3n) is 7.48. The number of likely N-dealkylation sites (N-methyl/N-ethyl adjacent to an activating group) is 1. The molecule has 8 nitrogen and oxygen atoms in total. The van der Waals surface area contributed by atoms with Gasteiger partial charge >= 0.3 is 6.03 Å². The SMILES string of the molecule is CCCCCCCCCCCCCCCCCCN(CCOP(=O)([O-])OCC[N+](C)(C)C)C(=O)NCc1ccccc1. The van der Waals surface area contributed by atoms with Gasteiger partial charge in [-0.2, -0.15) is 0 Å². The summed E-state index contributed by atoms with van der Waals surface area (Å²) in [6.07, 6.45) is 20.7. The van der Waals surface area contributed by atoms with E-state index in [0.29, 0.717) is 24.1 Å². The summed E-state index contributed by atoms with van der Waals surface area (Å²) in [5, 5.41) is 2.95. The first-order chi connectivity index (χ1) is 20.1. The number of rotatable bonds is 27. The maximum Gasteiger partial charge on any atom is 0.317 e. The van der Waals surface area contributed by atoms with E-state index >= 15 is 0 Å². The lowest BCUT2D eigenvalue weighted by atomic mass is 10.0. The van der Waals surface area contributed by atoms with Gasteiger partial charge in [-0.15, -0.1) is 0 Å². The fourth-order valence-corrected chi connectivity index (χ4v) is 5.46. The van der Waals surface area contributed by atoms with Gasteiger partial charge in [-0.3, -0.25) is 4.57 Å². The molecule has 0 fully saturated rings. The van der Waals surface area contributed by atoms with Gasteiger partial charge in [0.1, 0.15) is 13.2 Å². The molecular weight excluding hydrogens is 549 g/mol. The number of benzene rings is 1. The van der Waals surface area contributed by atoms with E-state index in [9.17, 15) is 14.3 Å². The molecule has 0 heterocycles. The van der Waals surface area contributed by atoms with Crippen LogP contribution in [-0.2, 0) is 20.2 Å². The summed E-state index contributed by atoms with van der Waals surface area (Å²) < 4.78 is 22.8. The zero-order chi connectivity index (χ0) is 30.9. The van der Waals surface area contributed by atoms with E-state index in [1.54, 1.807) is 4.90 Å². The van der Waals surface area contributed by atoms with Crippen LogP contribution in [0.15, 0.2) is 30.3 Å². The zero-order valence-corrected chi connectivity index (χ0v) is 28.2. The lowest BCUT2D eigenvalue weighted by Crippen LogP contribution is -2.42. The van der Waals surface area contributed by atoms with Gasteiger partial charge in [0.25, 0.3) is 7.82 Å². The van der Waals surface area contributed by atoms with Gasteiger partial charge in [-0.05, 0) is 12.0 Å². The Bertz CT molecular complexity index is 835. The Balaban J connectivity index is 2.27. The van der Waals surface area contributed by atoms with E-state index in [1.807, 2.05) is 51.5 Å². The third kappa shape index (κ3) is 23.1. The van der Waals surface area contributed by atoms with Crippen molar-refractivity contribution in [3.63, 3.8) is 0 Å². The molecule has 0 radical (unpaired) electrons. The van der Waals surface area contributed by atoms with Crippen LogP contribution in [0.5, 0.6) is 0 Å². The Labute approximate surface area is 257 Å². The highest BCUT2D eigenvalue weighted by atomic mass is 31.2. The van der Waals surface area contributed by atoms with Crippen LogP contribution in [0.1, 0.15) is 115 Å².